The number of aliphatic hydroxyl groups is 1. The van der Waals surface area contributed by atoms with Gasteiger partial charge in [-0.2, -0.15) is 0 Å². The van der Waals surface area contributed by atoms with Crippen molar-refractivity contribution < 1.29 is 14.4 Å². The molecule has 0 saturated carbocycles. The Morgan fingerprint density at radius 2 is 1.94 bits per heavy atom. The first kappa shape index (κ1) is 13.6. The average molecular weight is 241 g/mol. The molecule has 0 spiro atoms. The monoisotopic (exact) mass is 241 g/mol. The highest BCUT2D eigenvalue weighted by molar-refractivity contribution is 5.36. The Bertz CT molecular complexity index is 410. The lowest BCUT2D eigenvalue weighted by atomic mass is 9.84. The lowest BCUT2D eigenvalue weighted by Gasteiger charge is -2.24. The number of nitrogens with zero attached hydrogens (tertiary/aromatic N) is 1. The molecule has 1 aromatic rings. The average Bonchev–Trinajstić information content (AvgIpc) is 2.19. The predicted molar refractivity (Wildman–Crippen MR) is 62.3 cm³/mol. The van der Waals surface area contributed by atoms with Crippen LogP contribution in [0.1, 0.15) is 32.3 Å². The molecule has 0 amide bonds. The third-order valence-corrected chi connectivity index (χ3v) is 2.79. The minimum Gasteiger partial charge on any atom is -0.393 e. The third-order valence-electron chi connectivity index (χ3n) is 2.79. The summed E-state index contributed by atoms with van der Waals surface area (Å²) in [4.78, 5) is 9.85. The quantitative estimate of drug-likeness (QED) is 0.651. The van der Waals surface area contributed by atoms with E-state index in [0.717, 1.165) is 6.07 Å². The summed E-state index contributed by atoms with van der Waals surface area (Å²) in [6.07, 6.45) is -0.703. The lowest BCUT2D eigenvalue weighted by molar-refractivity contribution is -0.385. The Hall–Kier alpha value is -1.49. The highest BCUT2D eigenvalue weighted by Crippen LogP contribution is 2.31. The van der Waals surface area contributed by atoms with Gasteiger partial charge in [-0.05, 0) is 24.5 Å². The molecular weight excluding hydrogens is 225 g/mol. The van der Waals surface area contributed by atoms with Gasteiger partial charge < -0.3 is 5.11 Å². The van der Waals surface area contributed by atoms with Gasteiger partial charge in [-0.25, -0.2) is 4.39 Å². The van der Waals surface area contributed by atoms with Gasteiger partial charge in [-0.1, -0.05) is 13.8 Å². The zero-order valence-corrected chi connectivity index (χ0v) is 10.1. The second kappa shape index (κ2) is 5.23. The zero-order valence-electron chi connectivity index (χ0n) is 10.1. The predicted octanol–water partition coefficient (Wildman–Crippen LogP) is 2.85. The molecule has 0 fully saturated rings. The van der Waals surface area contributed by atoms with Crippen molar-refractivity contribution in [1.82, 2.24) is 0 Å². The fourth-order valence-corrected chi connectivity index (χ4v) is 2.08. The van der Waals surface area contributed by atoms with Crippen LogP contribution >= 0.6 is 0 Å². The minimum atomic E-state index is -0.703. The van der Waals surface area contributed by atoms with Crippen LogP contribution in [0.15, 0.2) is 18.2 Å². The van der Waals surface area contributed by atoms with Crippen molar-refractivity contribution in [2.24, 2.45) is 5.92 Å². The van der Waals surface area contributed by atoms with Crippen LogP contribution in [0.5, 0.6) is 0 Å². The Labute approximate surface area is 99.2 Å². The van der Waals surface area contributed by atoms with Crippen LogP contribution in [-0.4, -0.2) is 16.1 Å². The molecule has 0 heterocycles. The van der Waals surface area contributed by atoms with E-state index in [1.54, 1.807) is 6.92 Å². The van der Waals surface area contributed by atoms with Gasteiger partial charge in [-0.15, -0.1) is 0 Å². The maximum Gasteiger partial charge on any atom is 0.272 e. The molecule has 94 valence electrons. The summed E-state index contributed by atoms with van der Waals surface area (Å²) in [5.74, 6) is -0.958. The largest absolute Gasteiger partial charge is 0.393 e. The maximum atomic E-state index is 13.8. The molecule has 1 aromatic carbocycles. The van der Waals surface area contributed by atoms with Crippen molar-refractivity contribution in [3.05, 3.63) is 39.7 Å². The molecule has 2 atom stereocenters. The fraction of sp³-hybridized carbons (Fsp3) is 0.500. The standard InChI is InChI=1S/C12H16FNO3/c1-7(2)12(8(3)15)10-5-4-9(14(16)17)6-11(10)13/h4-8,12,15H,1-3H3. The molecule has 0 aromatic heterocycles. The molecule has 0 aliphatic carbocycles. The van der Waals surface area contributed by atoms with Crippen LogP contribution < -0.4 is 0 Å². The van der Waals surface area contributed by atoms with Crippen LogP contribution in [0.3, 0.4) is 0 Å². The Morgan fingerprint density at radius 3 is 2.29 bits per heavy atom. The van der Waals surface area contributed by atoms with Crippen molar-refractivity contribution in [2.75, 3.05) is 0 Å². The van der Waals surface area contributed by atoms with Crippen molar-refractivity contribution in [3.63, 3.8) is 0 Å². The first-order valence-corrected chi connectivity index (χ1v) is 5.46. The van der Waals surface area contributed by atoms with Gasteiger partial charge in [0.1, 0.15) is 5.82 Å². The Balaban J connectivity index is 3.18. The van der Waals surface area contributed by atoms with Gasteiger partial charge in [0.05, 0.1) is 17.1 Å². The van der Waals surface area contributed by atoms with E-state index < -0.39 is 16.8 Å². The van der Waals surface area contributed by atoms with Gasteiger partial charge in [0.2, 0.25) is 0 Å². The third kappa shape index (κ3) is 3.00. The highest BCUT2D eigenvalue weighted by atomic mass is 19.1. The second-order valence-electron chi connectivity index (χ2n) is 4.47. The number of non-ortho nitro benzene ring substituents is 1. The van der Waals surface area contributed by atoms with Crippen molar-refractivity contribution >= 4 is 5.69 Å². The zero-order chi connectivity index (χ0) is 13.2. The van der Waals surface area contributed by atoms with E-state index in [-0.39, 0.29) is 17.5 Å². The number of aliphatic hydroxyl groups excluding tert-OH is 1. The Morgan fingerprint density at radius 1 is 1.35 bits per heavy atom. The number of rotatable bonds is 4. The van der Waals surface area contributed by atoms with Gasteiger partial charge in [-0.3, -0.25) is 10.1 Å². The number of hydrogen-bond acceptors (Lipinski definition) is 3. The van der Waals surface area contributed by atoms with E-state index in [2.05, 4.69) is 0 Å². The van der Waals surface area contributed by atoms with Crippen LogP contribution in [-0.2, 0) is 0 Å². The molecular formula is C12H16FNO3. The van der Waals surface area contributed by atoms with Gasteiger partial charge in [0.25, 0.3) is 5.69 Å². The van der Waals surface area contributed by atoms with Gasteiger partial charge in [0.15, 0.2) is 0 Å². The SMILES string of the molecule is CC(C)C(c1ccc([N+](=O)[O-])cc1F)C(C)O. The van der Waals surface area contributed by atoms with E-state index in [4.69, 9.17) is 0 Å². The summed E-state index contributed by atoms with van der Waals surface area (Å²) in [6.45, 7) is 5.34. The molecule has 0 bridgehead atoms. The topological polar surface area (TPSA) is 63.4 Å². The summed E-state index contributed by atoms with van der Waals surface area (Å²) in [7, 11) is 0. The number of hydrogen-bond donors (Lipinski definition) is 1. The molecule has 0 aliphatic heterocycles. The summed E-state index contributed by atoms with van der Waals surface area (Å²) in [6, 6.07) is 3.54. The first-order valence-electron chi connectivity index (χ1n) is 5.46. The van der Waals surface area contributed by atoms with Crippen molar-refractivity contribution in [3.8, 4) is 0 Å². The van der Waals surface area contributed by atoms with Crippen LogP contribution in [0.4, 0.5) is 10.1 Å². The van der Waals surface area contributed by atoms with E-state index in [1.807, 2.05) is 13.8 Å². The van der Waals surface area contributed by atoms with Gasteiger partial charge in [0, 0.05) is 12.0 Å². The van der Waals surface area contributed by atoms with Crippen LogP contribution in [0.2, 0.25) is 0 Å². The van der Waals surface area contributed by atoms with E-state index in [0.29, 0.717) is 5.56 Å². The molecule has 0 aliphatic rings. The summed E-state index contributed by atoms with van der Waals surface area (Å²) in [5, 5.41) is 20.1. The molecule has 17 heavy (non-hydrogen) atoms. The van der Waals surface area contributed by atoms with Crippen LogP contribution in [0, 0.1) is 21.8 Å². The number of nitro groups is 1. The lowest BCUT2D eigenvalue weighted by Crippen LogP contribution is -2.21. The summed E-state index contributed by atoms with van der Waals surface area (Å²) < 4.78 is 13.8. The van der Waals surface area contributed by atoms with E-state index >= 15 is 0 Å². The maximum absolute atomic E-state index is 13.8. The second-order valence-corrected chi connectivity index (χ2v) is 4.47. The highest BCUT2D eigenvalue weighted by Gasteiger charge is 2.25. The molecule has 1 rings (SSSR count). The Kier molecular flexibility index (Phi) is 4.17. The summed E-state index contributed by atoms with van der Waals surface area (Å²) in [5.41, 5.74) is 0.0416. The first-order chi connectivity index (χ1) is 7.84. The minimum absolute atomic E-state index is 0.0472. The molecule has 2 unspecified atom stereocenters. The van der Waals surface area contributed by atoms with Gasteiger partial charge >= 0.3 is 0 Å². The number of nitro benzene ring substituents is 1. The van der Waals surface area contributed by atoms with Crippen molar-refractivity contribution in [1.29, 1.82) is 0 Å². The van der Waals surface area contributed by atoms with E-state index in [9.17, 15) is 19.6 Å². The van der Waals surface area contributed by atoms with Crippen LogP contribution in [0.25, 0.3) is 0 Å². The molecule has 5 heteroatoms. The number of halogens is 1. The molecule has 4 nitrogen and oxygen atoms in total. The van der Waals surface area contributed by atoms with E-state index in [1.165, 1.54) is 12.1 Å². The fourth-order valence-electron chi connectivity index (χ4n) is 2.08. The molecule has 1 N–H and O–H groups in total. The smallest absolute Gasteiger partial charge is 0.272 e. The number of benzene rings is 1. The normalized spacial score (nSPS) is 14.7. The molecule has 0 saturated heterocycles. The summed E-state index contributed by atoms with van der Waals surface area (Å²) >= 11 is 0. The van der Waals surface area contributed by atoms with Crippen molar-refractivity contribution in [2.45, 2.75) is 32.8 Å². The molecule has 0 radical (unpaired) electrons.